The lowest BCUT2D eigenvalue weighted by molar-refractivity contribution is -0.124. The lowest BCUT2D eigenvalue weighted by Crippen LogP contribution is -2.40. The Morgan fingerprint density at radius 2 is 1.44 bits per heavy atom. The number of hydrogen-bond acceptors (Lipinski definition) is 5. The molecule has 0 radical (unpaired) electrons. The minimum Gasteiger partial charge on any atom is -0.454 e. The summed E-state index contributed by atoms with van der Waals surface area (Å²) in [6.45, 7) is 3.54. The monoisotopic (exact) mass is 455 g/mol. The Balaban J connectivity index is 1.13. The molecule has 2 bridgehead atoms. The number of ether oxygens (including phenoxy) is 1. The molecule has 1 heterocycles. The van der Waals surface area contributed by atoms with Crippen molar-refractivity contribution in [3.63, 3.8) is 0 Å². The van der Waals surface area contributed by atoms with Crippen LogP contribution in [0.3, 0.4) is 0 Å². The number of allylic oxidation sites excluding steroid dienone is 2. The van der Waals surface area contributed by atoms with E-state index >= 15 is 0 Å². The molecule has 7 rings (SSSR count). The molecular weight excluding hydrogens is 430 g/mol. The first kappa shape index (κ1) is 21.0. The molecule has 172 valence electrons. The predicted octanol–water partition coefficient (Wildman–Crippen LogP) is 3.90. The molecule has 3 fully saturated rings. The molecule has 6 heteroatoms. The highest BCUT2D eigenvalue weighted by molar-refractivity contribution is 6.22. The summed E-state index contributed by atoms with van der Waals surface area (Å²) in [4.78, 5) is 52.6. The van der Waals surface area contributed by atoms with E-state index in [1.54, 1.807) is 24.3 Å². The smallest absolute Gasteiger partial charge is 0.338 e. The van der Waals surface area contributed by atoms with Gasteiger partial charge in [-0.25, -0.2) is 4.79 Å². The van der Waals surface area contributed by atoms with Gasteiger partial charge in [0.1, 0.15) is 0 Å². The van der Waals surface area contributed by atoms with E-state index in [0.717, 1.165) is 17.5 Å². The number of esters is 1. The van der Waals surface area contributed by atoms with Gasteiger partial charge in [0.25, 0.3) is 0 Å². The second-order valence-electron chi connectivity index (χ2n) is 10.0. The van der Waals surface area contributed by atoms with Gasteiger partial charge in [-0.2, -0.15) is 0 Å². The third kappa shape index (κ3) is 3.08. The first-order valence-electron chi connectivity index (χ1n) is 11.8. The van der Waals surface area contributed by atoms with E-state index in [9.17, 15) is 19.2 Å². The van der Waals surface area contributed by atoms with Gasteiger partial charge in [0.2, 0.25) is 11.8 Å². The fourth-order valence-electron chi connectivity index (χ4n) is 6.17. The number of ketones is 1. The summed E-state index contributed by atoms with van der Waals surface area (Å²) in [5.41, 5.74) is 3.32. The SMILES string of the molecule is Cc1ccc(C(=O)COC(=O)c2ccc(N3C(=O)[C@@H]4[C@H]5C=C[C@@H]([C@@H]6C[C@@H]56)[C@H]4C3=O)cc2)cc1C. The van der Waals surface area contributed by atoms with Crippen molar-refractivity contribution in [1.29, 1.82) is 0 Å². The van der Waals surface area contributed by atoms with Crippen LogP contribution in [-0.4, -0.2) is 30.2 Å². The molecule has 2 aromatic rings. The number of rotatable bonds is 5. The Bertz CT molecular complexity index is 1240. The van der Waals surface area contributed by atoms with Crippen molar-refractivity contribution < 1.29 is 23.9 Å². The molecule has 6 atom stereocenters. The number of carbonyl (C=O) groups excluding carboxylic acids is 4. The van der Waals surface area contributed by atoms with E-state index in [1.807, 2.05) is 19.9 Å². The van der Waals surface area contributed by atoms with Crippen LogP contribution in [0.2, 0.25) is 0 Å². The second kappa shape index (κ2) is 7.49. The molecule has 1 saturated heterocycles. The summed E-state index contributed by atoms with van der Waals surface area (Å²) in [6.07, 6.45) is 5.42. The van der Waals surface area contributed by atoms with Crippen molar-refractivity contribution in [1.82, 2.24) is 0 Å². The van der Waals surface area contributed by atoms with Crippen molar-refractivity contribution >= 4 is 29.3 Å². The van der Waals surface area contributed by atoms with Crippen LogP contribution in [0.25, 0.3) is 0 Å². The summed E-state index contributed by atoms with van der Waals surface area (Å²) in [5.74, 6) is -0.226. The zero-order valence-corrected chi connectivity index (χ0v) is 19.1. The molecule has 0 unspecified atom stereocenters. The van der Waals surface area contributed by atoms with E-state index in [-0.39, 0.29) is 53.4 Å². The molecule has 4 aliphatic carbocycles. The topological polar surface area (TPSA) is 80.8 Å². The Hall–Kier alpha value is -3.54. The first-order valence-corrected chi connectivity index (χ1v) is 11.8. The van der Waals surface area contributed by atoms with Gasteiger partial charge in [-0.05, 0) is 85.4 Å². The van der Waals surface area contributed by atoms with Crippen molar-refractivity contribution in [2.45, 2.75) is 20.3 Å². The predicted molar refractivity (Wildman–Crippen MR) is 124 cm³/mol. The largest absolute Gasteiger partial charge is 0.454 e. The minimum atomic E-state index is -0.626. The fraction of sp³-hybridized carbons (Fsp3) is 0.357. The number of aryl methyl sites for hydroxylation is 2. The zero-order valence-electron chi connectivity index (χ0n) is 19.1. The summed E-state index contributed by atoms with van der Waals surface area (Å²) in [7, 11) is 0. The number of carbonyl (C=O) groups is 4. The van der Waals surface area contributed by atoms with E-state index in [2.05, 4.69) is 12.2 Å². The van der Waals surface area contributed by atoms with E-state index < -0.39 is 5.97 Å². The van der Waals surface area contributed by atoms with Gasteiger partial charge in [-0.1, -0.05) is 24.3 Å². The van der Waals surface area contributed by atoms with Crippen LogP contribution >= 0.6 is 0 Å². The van der Waals surface area contributed by atoms with Gasteiger partial charge in [-0.3, -0.25) is 19.3 Å². The summed E-state index contributed by atoms with van der Waals surface area (Å²) in [6, 6.07) is 11.6. The molecule has 0 spiro atoms. The van der Waals surface area contributed by atoms with Crippen molar-refractivity contribution in [3.8, 4) is 0 Å². The molecule has 2 saturated carbocycles. The molecule has 2 aromatic carbocycles. The van der Waals surface area contributed by atoms with Crippen molar-refractivity contribution in [2.24, 2.45) is 35.5 Å². The lowest BCUT2D eigenvalue weighted by atomic mass is 9.63. The Morgan fingerprint density at radius 1 is 0.853 bits per heavy atom. The molecule has 0 aromatic heterocycles. The highest BCUT2D eigenvalue weighted by atomic mass is 16.5. The van der Waals surface area contributed by atoms with E-state index in [1.165, 1.54) is 17.0 Å². The molecule has 2 amide bonds. The maximum absolute atomic E-state index is 13.2. The van der Waals surface area contributed by atoms with Gasteiger partial charge in [0, 0.05) is 5.56 Å². The van der Waals surface area contributed by atoms with Gasteiger partial charge < -0.3 is 4.74 Å². The summed E-state index contributed by atoms with van der Waals surface area (Å²) < 4.78 is 5.21. The van der Waals surface area contributed by atoms with Crippen molar-refractivity contribution in [2.75, 3.05) is 11.5 Å². The van der Waals surface area contributed by atoms with Crippen LogP contribution in [-0.2, 0) is 14.3 Å². The zero-order chi connectivity index (χ0) is 23.7. The van der Waals surface area contributed by atoms with Crippen LogP contribution < -0.4 is 4.90 Å². The Kier molecular flexibility index (Phi) is 4.63. The van der Waals surface area contributed by atoms with E-state index in [4.69, 9.17) is 4.74 Å². The average molecular weight is 456 g/mol. The van der Waals surface area contributed by atoms with E-state index in [0.29, 0.717) is 23.1 Å². The van der Waals surface area contributed by atoms with Crippen LogP contribution in [0.4, 0.5) is 5.69 Å². The fourth-order valence-corrected chi connectivity index (χ4v) is 6.17. The Morgan fingerprint density at radius 3 is 2.03 bits per heavy atom. The quantitative estimate of drug-likeness (QED) is 0.296. The van der Waals surface area contributed by atoms with Crippen LogP contribution in [0.15, 0.2) is 54.6 Å². The molecule has 1 aliphatic heterocycles. The molecule has 0 N–H and O–H groups in total. The molecule has 34 heavy (non-hydrogen) atoms. The van der Waals surface area contributed by atoms with Crippen LogP contribution in [0.5, 0.6) is 0 Å². The first-order chi connectivity index (χ1) is 16.3. The van der Waals surface area contributed by atoms with Gasteiger partial charge in [-0.15, -0.1) is 0 Å². The number of nitrogens with zero attached hydrogens (tertiary/aromatic N) is 1. The highest BCUT2D eigenvalue weighted by Gasteiger charge is 2.67. The van der Waals surface area contributed by atoms with Gasteiger partial charge in [0.15, 0.2) is 12.4 Å². The lowest BCUT2D eigenvalue weighted by Gasteiger charge is -2.37. The number of Topliss-reactive ketones (excluding diaryl/α,β-unsaturated/α-hetero) is 1. The number of benzene rings is 2. The van der Waals surface area contributed by atoms with Crippen LogP contribution in [0, 0.1) is 49.4 Å². The standard InChI is InChI=1S/C28H25NO5/c1-14-3-4-17(11-15(14)2)23(30)13-34-28(33)16-5-7-18(8-6-16)29-26(31)24-19-9-10-20(22-12-21(19)22)25(24)27(29)32/h3-11,19-22,24-25H,12-13H2,1-2H3/t19-,20-,21-,22-,24+,25+/m0/s1. The normalized spacial score (nSPS) is 30.2. The maximum Gasteiger partial charge on any atom is 0.338 e. The number of hydrogen-bond donors (Lipinski definition) is 0. The summed E-state index contributed by atoms with van der Waals surface area (Å²) >= 11 is 0. The van der Waals surface area contributed by atoms with Gasteiger partial charge in [0.05, 0.1) is 23.1 Å². The number of imide groups is 1. The highest BCUT2D eigenvalue weighted by Crippen LogP contribution is 2.65. The number of anilines is 1. The Labute approximate surface area is 197 Å². The van der Waals surface area contributed by atoms with Crippen LogP contribution in [0.1, 0.15) is 38.3 Å². The minimum absolute atomic E-state index is 0.131. The van der Waals surface area contributed by atoms with Crippen molar-refractivity contribution in [3.05, 3.63) is 76.9 Å². The molecule has 5 aliphatic rings. The molecule has 6 nitrogen and oxygen atoms in total. The third-order valence-electron chi connectivity index (χ3n) is 8.19. The average Bonchev–Trinajstić information content (AvgIpc) is 3.62. The maximum atomic E-state index is 13.2. The number of amides is 2. The van der Waals surface area contributed by atoms with Gasteiger partial charge >= 0.3 is 5.97 Å². The third-order valence-corrected chi connectivity index (χ3v) is 8.19. The molecular formula is C28H25NO5. The summed E-state index contributed by atoms with van der Waals surface area (Å²) in [5, 5.41) is 0. The second-order valence-corrected chi connectivity index (χ2v) is 10.0.